The van der Waals surface area contributed by atoms with Gasteiger partial charge in [-0.1, -0.05) is 30.3 Å². The number of carbonyl (C=O) groups is 4. The van der Waals surface area contributed by atoms with Gasteiger partial charge in [-0.2, -0.15) is 22.7 Å². The van der Waals surface area contributed by atoms with Gasteiger partial charge in [-0.25, -0.2) is 4.98 Å². The molecular weight excluding hydrogens is 783 g/mol. The van der Waals surface area contributed by atoms with Crippen molar-refractivity contribution in [2.24, 2.45) is 17.6 Å². The summed E-state index contributed by atoms with van der Waals surface area (Å²) in [6.45, 7) is 4.27. The Balaban J connectivity index is 1.15. The summed E-state index contributed by atoms with van der Waals surface area (Å²) in [6.07, 6.45) is 4.91. The fourth-order valence-corrected chi connectivity index (χ4v) is 7.61. The summed E-state index contributed by atoms with van der Waals surface area (Å²) in [5.74, 6) is -14.7. The van der Waals surface area contributed by atoms with Gasteiger partial charge < -0.3 is 31.9 Å². The molecule has 4 aromatic rings. The average Bonchev–Trinajstić information content (AvgIpc) is 3.75. The molecule has 0 spiro atoms. The number of anilines is 1. The lowest BCUT2D eigenvalue weighted by Gasteiger charge is -2.28. The minimum Gasteiger partial charge on any atom is -0.349 e. The number of nitrogens with zero attached hydrogens (tertiary/aromatic N) is 3. The molecular formula is C43H51F4N9O4. The van der Waals surface area contributed by atoms with Crippen LogP contribution in [0.1, 0.15) is 65.8 Å². The van der Waals surface area contributed by atoms with E-state index in [1.807, 2.05) is 54.5 Å². The molecule has 2 heterocycles. The fourth-order valence-electron chi connectivity index (χ4n) is 7.61. The van der Waals surface area contributed by atoms with Crippen LogP contribution < -0.4 is 27.0 Å². The maximum atomic E-state index is 14.7. The number of hydrogen-bond acceptors (Lipinski definition) is 8. The molecule has 0 radical (unpaired) electrons. The number of aromatic nitrogens is 3. The number of amides is 4. The standard InChI is InChI=1S/C43H51F4N9O4/c1-25-22-31(38(58)50-33-18-20-49-21-19-33)14-17-34(25)28-8-4-26(5-9-28)23-35(52-37(57)30-10-6-27(24-48)7-11-30)39(59)51-32-15-12-29(13-16-32)36-53-40(55-54-36)42(44,45)43(46,47)41(60)56(2)3/h4-5,8-9,12-17,22,27,30,33,35,49H,6-7,10-11,18-21,23-24,48H2,1-3H3,(H,50,58)(H,51,59)(H,52,57)(H,53,54,55). The van der Waals surface area contributed by atoms with E-state index in [0.29, 0.717) is 41.5 Å². The second kappa shape index (κ2) is 18.7. The maximum Gasteiger partial charge on any atom is 0.394 e. The van der Waals surface area contributed by atoms with Gasteiger partial charge in [0.2, 0.25) is 17.6 Å². The van der Waals surface area contributed by atoms with E-state index >= 15 is 0 Å². The van der Waals surface area contributed by atoms with Gasteiger partial charge in [-0.15, -0.1) is 0 Å². The molecule has 1 atom stereocenters. The summed E-state index contributed by atoms with van der Waals surface area (Å²) < 4.78 is 58.3. The number of aryl methyl sites for hydroxylation is 1. The van der Waals surface area contributed by atoms with E-state index < -0.39 is 35.5 Å². The molecule has 2 fully saturated rings. The van der Waals surface area contributed by atoms with E-state index in [1.54, 1.807) is 0 Å². The smallest absolute Gasteiger partial charge is 0.349 e. The van der Waals surface area contributed by atoms with Crippen molar-refractivity contribution in [1.82, 2.24) is 36.0 Å². The van der Waals surface area contributed by atoms with Gasteiger partial charge in [0.1, 0.15) is 6.04 Å². The summed E-state index contributed by atoms with van der Waals surface area (Å²) >= 11 is 0. The second-order valence-electron chi connectivity index (χ2n) is 15.9. The summed E-state index contributed by atoms with van der Waals surface area (Å²) in [5, 5.41) is 17.7. The molecule has 0 bridgehead atoms. The highest BCUT2D eigenvalue weighted by Crippen LogP contribution is 2.42. The minimum absolute atomic E-state index is 0.0988. The van der Waals surface area contributed by atoms with E-state index in [1.165, 1.54) is 24.3 Å². The van der Waals surface area contributed by atoms with Gasteiger partial charge in [-0.3, -0.25) is 24.3 Å². The Kier molecular flexibility index (Phi) is 13.7. The van der Waals surface area contributed by atoms with Crippen molar-refractivity contribution in [3.8, 4) is 22.5 Å². The van der Waals surface area contributed by atoms with E-state index in [2.05, 4.69) is 31.3 Å². The van der Waals surface area contributed by atoms with Crippen molar-refractivity contribution >= 4 is 29.3 Å². The van der Waals surface area contributed by atoms with E-state index in [0.717, 1.165) is 75.1 Å². The first-order valence-corrected chi connectivity index (χ1v) is 20.1. The van der Waals surface area contributed by atoms with E-state index in [4.69, 9.17) is 5.73 Å². The lowest BCUT2D eigenvalue weighted by Crippen LogP contribution is -2.50. The van der Waals surface area contributed by atoms with Crippen LogP contribution in [0, 0.1) is 18.8 Å². The van der Waals surface area contributed by atoms with Crippen LogP contribution in [-0.4, -0.2) is 95.4 Å². The third kappa shape index (κ3) is 10.0. The van der Waals surface area contributed by atoms with Crippen LogP contribution in [0.3, 0.4) is 0 Å². The lowest BCUT2D eigenvalue weighted by molar-refractivity contribution is -0.224. The van der Waals surface area contributed by atoms with E-state index in [9.17, 15) is 36.7 Å². The molecule has 1 aliphatic heterocycles. The quantitative estimate of drug-likeness (QED) is 0.0939. The Bertz CT molecular complexity index is 2150. The molecule has 1 unspecified atom stereocenters. The van der Waals surface area contributed by atoms with Crippen molar-refractivity contribution in [2.75, 3.05) is 39.0 Å². The molecule has 1 saturated carbocycles. The minimum atomic E-state index is -5.09. The molecule has 4 amide bonds. The number of halogens is 4. The Hall–Kier alpha value is -5.68. The number of hydrogen-bond donors (Lipinski definition) is 6. The summed E-state index contributed by atoms with van der Waals surface area (Å²) in [7, 11) is 1.87. The van der Waals surface area contributed by atoms with E-state index in [-0.39, 0.29) is 41.6 Å². The highest BCUT2D eigenvalue weighted by atomic mass is 19.3. The number of alkyl halides is 4. The topological polar surface area (TPSA) is 187 Å². The monoisotopic (exact) mass is 833 g/mol. The highest BCUT2D eigenvalue weighted by Gasteiger charge is 2.65. The van der Waals surface area contributed by atoms with Crippen LogP contribution in [0.4, 0.5) is 23.2 Å². The molecule has 60 heavy (non-hydrogen) atoms. The van der Waals surface area contributed by atoms with Crippen LogP contribution in [0.5, 0.6) is 0 Å². The largest absolute Gasteiger partial charge is 0.394 e. The van der Waals surface area contributed by atoms with Gasteiger partial charge in [0.25, 0.3) is 11.8 Å². The first-order chi connectivity index (χ1) is 28.6. The molecule has 13 nitrogen and oxygen atoms in total. The molecule has 1 aromatic heterocycles. The second-order valence-corrected chi connectivity index (χ2v) is 15.9. The lowest BCUT2D eigenvalue weighted by atomic mass is 9.81. The SMILES string of the molecule is Cc1cc(C(=O)NC2CCNCC2)ccc1-c1ccc(CC(NC(=O)C2CCC(CN)CC2)C(=O)Nc2ccc(-c3n[nH]c(C(F)(F)C(F)(F)C(=O)N(C)C)n3)cc2)cc1. The predicted octanol–water partition coefficient (Wildman–Crippen LogP) is 5.18. The van der Waals surface area contributed by atoms with Gasteiger partial charge in [0, 0.05) is 49.3 Å². The summed E-state index contributed by atoms with van der Waals surface area (Å²) in [5.41, 5.74) is 10.5. The third-order valence-corrected chi connectivity index (χ3v) is 11.3. The van der Waals surface area contributed by atoms with Crippen LogP contribution in [0.15, 0.2) is 66.7 Å². The van der Waals surface area contributed by atoms with Crippen molar-refractivity contribution in [1.29, 1.82) is 0 Å². The Morgan fingerprint density at radius 1 is 0.883 bits per heavy atom. The van der Waals surface area contributed by atoms with Crippen molar-refractivity contribution in [3.63, 3.8) is 0 Å². The Morgan fingerprint density at radius 2 is 1.53 bits per heavy atom. The highest BCUT2D eigenvalue weighted by molar-refractivity contribution is 5.98. The third-order valence-electron chi connectivity index (χ3n) is 11.3. The van der Waals surface area contributed by atoms with Crippen LogP contribution in [-0.2, 0) is 26.7 Å². The van der Waals surface area contributed by atoms with Crippen LogP contribution >= 0.6 is 0 Å². The summed E-state index contributed by atoms with van der Waals surface area (Å²) in [6, 6.07) is 18.2. The van der Waals surface area contributed by atoms with Crippen LogP contribution in [0.25, 0.3) is 22.5 Å². The predicted molar refractivity (Wildman–Crippen MR) is 218 cm³/mol. The molecule has 2 aliphatic rings. The average molecular weight is 834 g/mol. The first-order valence-electron chi connectivity index (χ1n) is 20.1. The fraction of sp³-hybridized carbons (Fsp3) is 0.442. The molecule has 7 N–H and O–H groups in total. The molecule has 3 aromatic carbocycles. The first kappa shape index (κ1) is 43.9. The number of benzene rings is 3. The molecule has 6 rings (SSSR count). The van der Waals surface area contributed by atoms with Gasteiger partial charge in [-0.05, 0) is 130 Å². The van der Waals surface area contributed by atoms with Crippen molar-refractivity contribution < 1.29 is 36.7 Å². The normalized spacial score (nSPS) is 18.0. The zero-order chi connectivity index (χ0) is 43.2. The number of nitrogens with two attached hydrogens (primary N) is 1. The number of piperidine rings is 1. The van der Waals surface area contributed by atoms with Gasteiger partial charge in [0.15, 0.2) is 5.82 Å². The van der Waals surface area contributed by atoms with Gasteiger partial charge >= 0.3 is 11.8 Å². The molecule has 320 valence electrons. The molecule has 1 aliphatic carbocycles. The number of nitrogens with one attached hydrogen (secondary N) is 5. The van der Waals surface area contributed by atoms with Gasteiger partial charge in [0.05, 0.1) is 0 Å². The molecule has 17 heteroatoms. The Labute approximate surface area is 345 Å². The summed E-state index contributed by atoms with van der Waals surface area (Å²) in [4.78, 5) is 56.0. The number of carbonyl (C=O) groups excluding carboxylic acids is 4. The number of H-pyrrole nitrogens is 1. The molecule has 1 saturated heterocycles. The number of rotatable bonds is 14. The number of aromatic amines is 1. The Morgan fingerprint density at radius 3 is 2.15 bits per heavy atom. The van der Waals surface area contributed by atoms with Crippen molar-refractivity contribution in [3.05, 3.63) is 89.2 Å². The van der Waals surface area contributed by atoms with Crippen LogP contribution in [0.2, 0.25) is 0 Å². The van der Waals surface area contributed by atoms with Crippen molar-refractivity contribution in [2.45, 2.75) is 75.8 Å². The maximum absolute atomic E-state index is 14.7. The zero-order valence-electron chi connectivity index (χ0n) is 33.8. The zero-order valence-corrected chi connectivity index (χ0v) is 33.8.